The van der Waals surface area contributed by atoms with Gasteiger partial charge in [-0.2, -0.15) is 0 Å². The lowest BCUT2D eigenvalue weighted by atomic mass is 9.78. The lowest BCUT2D eigenvalue weighted by Crippen LogP contribution is -2.44. The number of carbonyl (C=O) groups excluding carboxylic acids is 1. The number of aryl methyl sites for hydroxylation is 1. The highest BCUT2D eigenvalue weighted by Crippen LogP contribution is 2.29. The number of fused-ring (bicyclic) bond motifs is 1. The molecule has 0 spiro atoms. The van der Waals surface area contributed by atoms with E-state index in [1.54, 1.807) is 0 Å². The van der Waals surface area contributed by atoms with E-state index in [0.717, 1.165) is 12.8 Å². The van der Waals surface area contributed by atoms with Gasteiger partial charge < -0.3 is 9.84 Å². The van der Waals surface area contributed by atoms with Crippen molar-refractivity contribution in [2.75, 3.05) is 0 Å². The summed E-state index contributed by atoms with van der Waals surface area (Å²) in [6, 6.07) is 5.83. The summed E-state index contributed by atoms with van der Waals surface area (Å²) in [5, 5.41) is 7.28. The van der Waals surface area contributed by atoms with E-state index in [4.69, 9.17) is 4.52 Å². The maximum Gasteiger partial charge on any atom is 0.266 e. The van der Waals surface area contributed by atoms with E-state index in [1.165, 1.54) is 41.6 Å². The normalized spacial score (nSPS) is 21.6. The highest BCUT2D eigenvalue weighted by atomic mass is 19.1. The molecule has 7 nitrogen and oxygen atoms in total. The number of nitrogens with zero attached hydrogens (tertiary/aromatic N) is 3. The minimum absolute atomic E-state index is 0.0722. The smallest absolute Gasteiger partial charge is 0.266 e. The Morgan fingerprint density at radius 1 is 1.27 bits per heavy atom. The molecule has 0 aliphatic heterocycles. The molecule has 0 saturated heterocycles. The first-order valence-corrected chi connectivity index (χ1v) is 10.3. The zero-order chi connectivity index (χ0) is 21.3. The lowest BCUT2D eigenvalue weighted by molar-refractivity contribution is -0.122. The first-order chi connectivity index (χ1) is 14.4. The Hall–Kier alpha value is -3.03. The monoisotopic (exact) mass is 412 g/mol. The van der Waals surface area contributed by atoms with E-state index < -0.39 is 0 Å². The molecule has 1 aliphatic rings. The standard InChI is InChI=1S/C22H25FN4O3/c1-13-4-3-5-17(14(13)2)25-18(28)10-11-27-12-24-21-19(22(27)29)20(26-30-21)15-6-8-16(23)9-7-15/h6-9,12-14,17H,3-5,10-11H2,1-2H3,(H,25,28). The minimum Gasteiger partial charge on any atom is -0.353 e. The largest absolute Gasteiger partial charge is 0.353 e. The van der Waals surface area contributed by atoms with Crippen molar-refractivity contribution in [1.82, 2.24) is 20.0 Å². The number of nitrogens with one attached hydrogen (secondary N) is 1. The quantitative estimate of drug-likeness (QED) is 0.692. The highest BCUT2D eigenvalue weighted by molar-refractivity contribution is 5.88. The molecule has 1 saturated carbocycles. The molecule has 8 heteroatoms. The third kappa shape index (κ3) is 3.99. The SMILES string of the molecule is CC1CCCC(NC(=O)CCn2cnc3onc(-c4ccc(F)cc4)c3c2=O)C1C. The van der Waals surface area contributed by atoms with Crippen molar-refractivity contribution >= 4 is 17.0 Å². The van der Waals surface area contributed by atoms with Crippen LogP contribution in [-0.4, -0.2) is 26.7 Å². The third-order valence-corrected chi connectivity index (χ3v) is 6.21. The van der Waals surface area contributed by atoms with Gasteiger partial charge in [0.2, 0.25) is 5.91 Å². The van der Waals surface area contributed by atoms with Gasteiger partial charge in [0.1, 0.15) is 23.2 Å². The van der Waals surface area contributed by atoms with E-state index in [1.807, 2.05) is 0 Å². The number of halogens is 1. The number of amides is 1. The Morgan fingerprint density at radius 3 is 2.80 bits per heavy atom. The summed E-state index contributed by atoms with van der Waals surface area (Å²) in [7, 11) is 0. The van der Waals surface area contributed by atoms with E-state index in [9.17, 15) is 14.0 Å². The number of carbonyl (C=O) groups is 1. The van der Waals surface area contributed by atoms with Crippen molar-refractivity contribution in [2.24, 2.45) is 11.8 Å². The van der Waals surface area contributed by atoms with E-state index in [0.29, 0.717) is 23.1 Å². The van der Waals surface area contributed by atoms with Crippen LogP contribution in [0.15, 0.2) is 39.9 Å². The molecule has 3 aromatic rings. The predicted molar refractivity (Wildman–Crippen MR) is 110 cm³/mol. The zero-order valence-electron chi connectivity index (χ0n) is 17.1. The molecular formula is C22H25FN4O3. The molecule has 2 heterocycles. The van der Waals surface area contributed by atoms with Crippen LogP contribution >= 0.6 is 0 Å². The summed E-state index contributed by atoms with van der Waals surface area (Å²) in [6.45, 7) is 4.61. The van der Waals surface area contributed by atoms with Crippen LogP contribution < -0.4 is 10.9 Å². The van der Waals surface area contributed by atoms with Crippen molar-refractivity contribution in [3.63, 3.8) is 0 Å². The maximum absolute atomic E-state index is 13.2. The summed E-state index contributed by atoms with van der Waals surface area (Å²) in [6.07, 6.45) is 4.86. The number of hydrogen-bond acceptors (Lipinski definition) is 5. The third-order valence-electron chi connectivity index (χ3n) is 6.21. The topological polar surface area (TPSA) is 90.0 Å². The number of aromatic nitrogens is 3. The van der Waals surface area contributed by atoms with Gasteiger partial charge in [-0.15, -0.1) is 0 Å². The molecule has 158 valence electrons. The molecule has 1 N–H and O–H groups in total. The molecule has 1 aliphatic carbocycles. The minimum atomic E-state index is -0.380. The second-order valence-electron chi connectivity index (χ2n) is 8.15. The van der Waals surface area contributed by atoms with Crippen LogP contribution in [0.2, 0.25) is 0 Å². The van der Waals surface area contributed by atoms with Crippen molar-refractivity contribution < 1.29 is 13.7 Å². The molecule has 1 amide bonds. The van der Waals surface area contributed by atoms with Gasteiger partial charge in [0.15, 0.2) is 0 Å². The summed E-state index contributed by atoms with van der Waals surface area (Å²) in [4.78, 5) is 29.6. The number of rotatable bonds is 5. The molecule has 0 bridgehead atoms. The van der Waals surface area contributed by atoms with Crippen molar-refractivity contribution in [2.45, 2.75) is 52.1 Å². The first-order valence-electron chi connectivity index (χ1n) is 10.3. The Morgan fingerprint density at radius 2 is 2.03 bits per heavy atom. The van der Waals surface area contributed by atoms with Gasteiger partial charge >= 0.3 is 0 Å². The van der Waals surface area contributed by atoms with Crippen LogP contribution in [0.5, 0.6) is 0 Å². The van der Waals surface area contributed by atoms with Gasteiger partial charge in [-0.3, -0.25) is 14.2 Å². The van der Waals surface area contributed by atoms with Gasteiger partial charge in [-0.05, 0) is 42.5 Å². The Kier molecular flexibility index (Phi) is 5.65. The summed E-state index contributed by atoms with van der Waals surface area (Å²) in [5.74, 6) is 0.585. The fraction of sp³-hybridized carbons (Fsp3) is 0.455. The average molecular weight is 412 g/mol. The predicted octanol–water partition coefficient (Wildman–Crippen LogP) is 3.52. The van der Waals surface area contributed by atoms with Crippen molar-refractivity contribution in [3.8, 4) is 11.3 Å². The number of benzene rings is 1. The van der Waals surface area contributed by atoms with Crippen LogP contribution in [0.4, 0.5) is 4.39 Å². The molecule has 1 fully saturated rings. The second kappa shape index (κ2) is 8.38. The van der Waals surface area contributed by atoms with Crippen LogP contribution in [0.1, 0.15) is 39.5 Å². The van der Waals surface area contributed by atoms with Gasteiger partial charge in [0.05, 0.1) is 0 Å². The van der Waals surface area contributed by atoms with Crippen LogP contribution in [0.3, 0.4) is 0 Å². The Balaban J connectivity index is 1.50. The van der Waals surface area contributed by atoms with Gasteiger partial charge in [-0.1, -0.05) is 31.8 Å². The van der Waals surface area contributed by atoms with E-state index in [-0.39, 0.29) is 47.4 Å². The molecule has 30 heavy (non-hydrogen) atoms. The zero-order valence-corrected chi connectivity index (χ0v) is 17.1. The molecule has 3 atom stereocenters. The Bertz CT molecular complexity index is 1110. The Labute approximate surface area is 173 Å². The summed E-state index contributed by atoms with van der Waals surface area (Å²) in [5.41, 5.74) is 0.648. The fourth-order valence-corrected chi connectivity index (χ4v) is 4.13. The van der Waals surface area contributed by atoms with Crippen molar-refractivity contribution in [1.29, 1.82) is 0 Å². The first kappa shape index (κ1) is 20.3. The van der Waals surface area contributed by atoms with Crippen LogP contribution in [-0.2, 0) is 11.3 Å². The molecule has 0 radical (unpaired) electrons. The van der Waals surface area contributed by atoms with Gasteiger partial charge in [0.25, 0.3) is 11.3 Å². The molecule has 3 unspecified atom stereocenters. The fourth-order valence-electron chi connectivity index (χ4n) is 4.13. The molecular weight excluding hydrogens is 387 g/mol. The van der Waals surface area contributed by atoms with Crippen LogP contribution in [0.25, 0.3) is 22.4 Å². The van der Waals surface area contributed by atoms with E-state index in [2.05, 4.69) is 29.3 Å². The second-order valence-corrected chi connectivity index (χ2v) is 8.15. The number of hydrogen-bond donors (Lipinski definition) is 1. The van der Waals surface area contributed by atoms with Crippen LogP contribution in [0, 0.1) is 17.7 Å². The van der Waals surface area contributed by atoms with Crippen molar-refractivity contribution in [3.05, 3.63) is 46.8 Å². The van der Waals surface area contributed by atoms with Gasteiger partial charge in [-0.25, -0.2) is 9.37 Å². The molecule has 1 aromatic carbocycles. The lowest BCUT2D eigenvalue weighted by Gasteiger charge is -2.34. The average Bonchev–Trinajstić information content (AvgIpc) is 3.16. The highest BCUT2D eigenvalue weighted by Gasteiger charge is 2.28. The van der Waals surface area contributed by atoms with Gasteiger partial charge in [0, 0.05) is 24.6 Å². The summed E-state index contributed by atoms with van der Waals surface area (Å²) < 4.78 is 19.8. The maximum atomic E-state index is 13.2. The van der Waals surface area contributed by atoms with E-state index >= 15 is 0 Å². The molecule has 4 rings (SSSR count). The summed E-state index contributed by atoms with van der Waals surface area (Å²) >= 11 is 0. The molecule has 2 aromatic heterocycles.